The van der Waals surface area contributed by atoms with Crippen LogP contribution in [0.2, 0.25) is 0 Å². The van der Waals surface area contributed by atoms with Gasteiger partial charge in [0.2, 0.25) is 0 Å². The first-order valence-corrected chi connectivity index (χ1v) is 3.81. The van der Waals surface area contributed by atoms with Crippen LogP contribution >= 0.6 is 27.5 Å². The standard InChI is InChI=1S/C5H6BrClN2/c1-9-3-4(6)5(2-7)8-9/h3H,2H2,1H3. The molecule has 1 aromatic rings. The zero-order valence-electron chi connectivity index (χ0n) is 4.93. The Morgan fingerprint density at radius 1 is 1.89 bits per heavy atom. The summed E-state index contributed by atoms with van der Waals surface area (Å²) in [5, 5.41) is 4.07. The Morgan fingerprint density at radius 3 is 2.78 bits per heavy atom. The normalized spacial score (nSPS) is 10.1. The molecule has 0 aliphatic carbocycles. The van der Waals surface area contributed by atoms with Crippen molar-refractivity contribution < 1.29 is 0 Å². The van der Waals surface area contributed by atoms with Crippen LogP contribution in [-0.2, 0) is 12.9 Å². The molecule has 0 saturated carbocycles. The number of halogens is 2. The summed E-state index contributed by atoms with van der Waals surface area (Å²) in [6, 6.07) is 0. The smallest absolute Gasteiger partial charge is 0.0913 e. The van der Waals surface area contributed by atoms with Crippen LogP contribution in [0.1, 0.15) is 5.69 Å². The number of hydrogen-bond acceptors (Lipinski definition) is 1. The lowest BCUT2D eigenvalue weighted by Crippen LogP contribution is -1.87. The third kappa shape index (κ3) is 1.46. The quantitative estimate of drug-likeness (QED) is 0.646. The molecule has 0 bridgehead atoms. The van der Waals surface area contributed by atoms with Gasteiger partial charge < -0.3 is 0 Å². The van der Waals surface area contributed by atoms with Gasteiger partial charge in [-0.25, -0.2) is 0 Å². The van der Waals surface area contributed by atoms with Crippen molar-refractivity contribution in [2.24, 2.45) is 7.05 Å². The van der Waals surface area contributed by atoms with Gasteiger partial charge in [0, 0.05) is 13.2 Å². The molecule has 0 aliphatic rings. The van der Waals surface area contributed by atoms with Crippen LogP contribution in [0.25, 0.3) is 0 Å². The Balaban J connectivity index is 3.01. The molecule has 0 fully saturated rings. The van der Waals surface area contributed by atoms with Crippen LogP contribution in [0.3, 0.4) is 0 Å². The molecule has 0 unspecified atom stereocenters. The number of nitrogens with zero attached hydrogens (tertiary/aromatic N) is 2. The first kappa shape index (κ1) is 7.09. The molecular weight excluding hydrogens is 203 g/mol. The molecule has 2 nitrogen and oxygen atoms in total. The minimum Gasteiger partial charge on any atom is -0.274 e. The van der Waals surface area contributed by atoms with Crippen LogP contribution in [0.4, 0.5) is 0 Å². The molecule has 1 heterocycles. The van der Waals surface area contributed by atoms with Crippen LogP contribution in [0, 0.1) is 0 Å². The van der Waals surface area contributed by atoms with Gasteiger partial charge in [0.15, 0.2) is 0 Å². The predicted molar refractivity (Wildman–Crippen MR) is 40.5 cm³/mol. The molecule has 1 rings (SSSR count). The highest BCUT2D eigenvalue weighted by Crippen LogP contribution is 2.15. The highest BCUT2D eigenvalue weighted by Gasteiger charge is 2.00. The van der Waals surface area contributed by atoms with Crippen molar-refractivity contribution >= 4 is 27.5 Å². The zero-order valence-corrected chi connectivity index (χ0v) is 7.28. The van der Waals surface area contributed by atoms with E-state index in [0.717, 1.165) is 10.2 Å². The number of hydrogen-bond donors (Lipinski definition) is 0. The highest BCUT2D eigenvalue weighted by molar-refractivity contribution is 9.10. The van der Waals surface area contributed by atoms with E-state index in [0.29, 0.717) is 5.88 Å². The van der Waals surface area contributed by atoms with Crippen molar-refractivity contribution in [1.29, 1.82) is 0 Å². The predicted octanol–water partition coefficient (Wildman–Crippen LogP) is 1.92. The van der Waals surface area contributed by atoms with E-state index in [-0.39, 0.29) is 0 Å². The second-order valence-electron chi connectivity index (χ2n) is 1.73. The molecule has 0 radical (unpaired) electrons. The summed E-state index contributed by atoms with van der Waals surface area (Å²) in [7, 11) is 1.86. The van der Waals surface area contributed by atoms with Crippen molar-refractivity contribution in [2.75, 3.05) is 0 Å². The van der Waals surface area contributed by atoms with Crippen LogP contribution in [0.15, 0.2) is 10.7 Å². The van der Waals surface area contributed by atoms with Crippen molar-refractivity contribution in [3.63, 3.8) is 0 Å². The average Bonchev–Trinajstić information content (AvgIpc) is 2.10. The molecular formula is C5H6BrClN2. The minimum absolute atomic E-state index is 0.460. The van der Waals surface area contributed by atoms with E-state index in [9.17, 15) is 0 Å². The summed E-state index contributed by atoms with van der Waals surface area (Å²) in [4.78, 5) is 0. The van der Waals surface area contributed by atoms with Crippen LogP contribution in [0.5, 0.6) is 0 Å². The number of alkyl halides is 1. The molecule has 1 aromatic heterocycles. The SMILES string of the molecule is Cn1cc(Br)c(CCl)n1. The van der Waals surface area contributed by atoms with Gasteiger partial charge in [-0.15, -0.1) is 11.6 Å². The Labute approximate surface area is 66.9 Å². The zero-order chi connectivity index (χ0) is 6.85. The first-order chi connectivity index (χ1) is 4.24. The van der Waals surface area contributed by atoms with E-state index >= 15 is 0 Å². The van der Waals surface area contributed by atoms with Gasteiger partial charge >= 0.3 is 0 Å². The Kier molecular flexibility index (Phi) is 2.13. The molecule has 0 saturated heterocycles. The number of rotatable bonds is 1. The maximum absolute atomic E-state index is 5.54. The summed E-state index contributed by atoms with van der Waals surface area (Å²) in [5.74, 6) is 0.460. The fourth-order valence-electron chi connectivity index (χ4n) is 0.596. The summed E-state index contributed by atoms with van der Waals surface area (Å²) in [6.45, 7) is 0. The maximum Gasteiger partial charge on any atom is 0.0913 e. The summed E-state index contributed by atoms with van der Waals surface area (Å²) < 4.78 is 2.70. The average molecular weight is 209 g/mol. The molecule has 0 N–H and O–H groups in total. The van der Waals surface area contributed by atoms with Gasteiger partial charge in [0.25, 0.3) is 0 Å². The molecule has 0 aromatic carbocycles. The van der Waals surface area contributed by atoms with Gasteiger partial charge in [-0.3, -0.25) is 4.68 Å². The third-order valence-corrected chi connectivity index (χ3v) is 1.90. The fourth-order valence-corrected chi connectivity index (χ4v) is 1.47. The fraction of sp³-hybridized carbons (Fsp3) is 0.400. The lowest BCUT2D eigenvalue weighted by atomic mass is 10.5. The molecule has 0 aliphatic heterocycles. The van der Waals surface area contributed by atoms with Crippen LogP contribution < -0.4 is 0 Å². The topological polar surface area (TPSA) is 17.8 Å². The van der Waals surface area contributed by atoms with E-state index in [4.69, 9.17) is 11.6 Å². The number of aromatic nitrogens is 2. The lowest BCUT2D eigenvalue weighted by molar-refractivity contribution is 0.754. The monoisotopic (exact) mass is 208 g/mol. The van der Waals surface area contributed by atoms with Gasteiger partial charge in [-0.2, -0.15) is 5.10 Å². The minimum atomic E-state index is 0.460. The van der Waals surface area contributed by atoms with E-state index in [1.807, 2.05) is 13.2 Å². The summed E-state index contributed by atoms with van der Waals surface area (Å²) in [6.07, 6.45) is 1.87. The largest absolute Gasteiger partial charge is 0.274 e. The van der Waals surface area contributed by atoms with Gasteiger partial charge in [0.05, 0.1) is 16.0 Å². The molecule has 0 spiro atoms. The van der Waals surface area contributed by atoms with Gasteiger partial charge in [-0.1, -0.05) is 0 Å². The maximum atomic E-state index is 5.54. The second-order valence-corrected chi connectivity index (χ2v) is 2.85. The van der Waals surface area contributed by atoms with Crippen molar-refractivity contribution in [1.82, 2.24) is 9.78 Å². The van der Waals surface area contributed by atoms with E-state index in [1.54, 1.807) is 4.68 Å². The number of aryl methyl sites for hydroxylation is 1. The Morgan fingerprint density at radius 2 is 2.56 bits per heavy atom. The summed E-state index contributed by atoms with van der Waals surface area (Å²) in [5.41, 5.74) is 0.888. The Bertz CT molecular complexity index is 209. The van der Waals surface area contributed by atoms with Gasteiger partial charge in [0.1, 0.15) is 0 Å². The van der Waals surface area contributed by atoms with E-state index in [1.165, 1.54) is 0 Å². The van der Waals surface area contributed by atoms with Gasteiger partial charge in [-0.05, 0) is 15.9 Å². The second kappa shape index (κ2) is 2.71. The van der Waals surface area contributed by atoms with E-state index < -0.39 is 0 Å². The third-order valence-electron chi connectivity index (χ3n) is 0.981. The van der Waals surface area contributed by atoms with Crippen molar-refractivity contribution in [3.8, 4) is 0 Å². The molecule has 0 atom stereocenters. The van der Waals surface area contributed by atoms with Crippen LogP contribution in [-0.4, -0.2) is 9.78 Å². The van der Waals surface area contributed by atoms with Crippen molar-refractivity contribution in [2.45, 2.75) is 5.88 Å². The Hall–Kier alpha value is -0.0200. The molecule has 0 amide bonds. The molecule has 50 valence electrons. The molecule has 4 heteroatoms. The lowest BCUT2D eigenvalue weighted by Gasteiger charge is -1.83. The summed E-state index contributed by atoms with van der Waals surface area (Å²) >= 11 is 8.85. The highest BCUT2D eigenvalue weighted by atomic mass is 79.9. The van der Waals surface area contributed by atoms with E-state index in [2.05, 4.69) is 21.0 Å². The molecule has 9 heavy (non-hydrogen) atoms. The van der Waals surface area contributed by atoms with Crippen molar-refractivity contribution in [3.05, 3.63) is 16.4 Å². The first-order valence-electron chi connectivity index (χ1n) is 2.48.